The number of benzene rings is 2. The molecule has 0 aliphatic heterocycles. The Balaban J connectivity index is 1.77. The van der Waals surface area contributed by atoms with Crippen molar-refractivity contribution in [2.45, 2.75) is 10.6 Å². The Morgan fingerprint density at radius 1 is 1.05 bits per heavy atom. The van der Waals surface area contributed by atoms with Crippen LogP contribution in [0.25, 0.3) is 5.69 Å². The van der Waals surface area contributed by atoms with E-state index < -0.39 is 16.6 Å². The molecule has 0 spiro atoms. The second-order valence-corrected chi connectivity index (χ2v) is 5.96. The summed E-state index contributed by atoms with van der Waals surface area (Å²) in [4.78, 5) is 0.244. The average molecular weight is 300 g/mol. The maximum atomic E-state index is 13.6. The van der Waals surface area contributed by atoms with Crippen LogP contribution in [0.3, 0.4) is 0 Å². The highest BCUT2D eigenvalue weighted by Gasteiger charge is 2.10. The quantitative estimate of drug-likeness (QED) is 0.741. The molecule has 21 heavy (non-hydrogen) atoms. The zero-order valence-corrected chi connectivity index (χ0v) is 12.0. The van der Waals surface area contributed by atoms with E-state index in [-0.39, 0.29) is 4.90 Å². The van der Waals surface area contributed by atoms with Gasteiger partial charge in [-0.15, -0.1) is 0 Å². The molecule has 0 aliphatic rings. The SMILES string of the molecule is O=[S@](Cc1ccc(-n2cccn2)cc1)c1ccccc1F. The lowest BCUT2D eigenvalue weighted by atomic mass is 10.2. The first-order chi connectivity index (χ1) is 10.2. The first kappa shape index (κ1) is 13.7. The molecule has 0 aliphatic carbocycles. The van der Waals surface area contributed by atoms with Gasteiger partial charge in [0, 0.05) is 12.4 Å². The zero-order valence-electron chi connectivity index (χ0n) is 11.1. The molecule has 0 radical (unpaired) electrons. The van der Waals surface area contributed by atoms with E-state index >= 15 is 0 Å². The van der Waals surface area contributed by atoms with E-state index in [4.69, 9.17) is 0 Å². The highest BCUT2D eigenvalue weighted by molar-refractivity contribution is 7.84. The van der Waals surface area contributed by atoms with Crippen LogP contribution in [0.2, 0.25) is 0 Å². The summed E-state index contributed by atoms with van der Waals surface area (Å²) in [5.41, 5.74) is 1.83. The molecule has 5 heteroatoms. The number of rotatable bonds is 4. The smallest absolute Gasteiger partial charge is 0.139 e. The molecule has 0 amide bonds. The van der Waals surface area contributed by atoms with Crippen molar-refractivity contribution < 1.29 is 8.60 Å². The van der Waals surface area contributed by atoms with Crippen molar-refractivity contribution in [3.05, 3.63) is 78.4 Å². The summed E-state index contributed by atoms with van der Waals surface area (Å²) in [5.74, 6) is -0.135. The zero-order chi connectivity index (χ0) is 14.7. The molecule has 0 unspecified atom stereocenters. The topological polar surface area (TPSA) is 34.9 Å². The Morgan fingerprint density at radius 3 is 2.48 bits per heavy atom. The van der Waals surface area contributed by atoms with Gasteiger partial charge in [0.25, 0.3) is 0 Å². The minimum atomic E-state index is -1.39. The molecule has 2 aromatic carbocycles. The Hall–Kier alpha value is -2.27. The Labute approximate surface area is 124 Å². The first-order valence-corrected chi connectivity index (χ1v) is 7.78. The van der Waals surface area contributed by atoms with E-state index in [1.54, 1.807) is 29.1 Å². The third-order valence-electron chi connectivity index (χ3n) is 3.08. The van der Waals surface area contributed by atoms with Crippen molar-refractivity contribution in [1.29, 1.82) is 0 Å². The molecule has 3 nitrogen and oxygen atoms in total. The third kappa shape index (κ3) is 3.08. The Morgan fingerprint density at radius 2 is 1.81 bits per heavy atom. The van der Waals surface area contributed by atoms with Gasteiger partial charge in [-0.2, -0.15) is 5.10 Å². The number of hydrogen-bond donors (Lipinski definition) is 0. The van der Waals surface area contributed by atoms with Gasteiger partial charge in [0.05, 0.1) is 27.1 Å². The molecule has 0 bridgehead atoms. The van der Waals surface area contributed by atoms with Gasteiger partial charge in [-0.3, -0.25) is 4.21 Å². The third-order valence-corrected chi connectivity index (χ3v) is 4.50. The lowest BCUT2D eigenvalue weighted by Crippen LogP contribution is -2.00. The number of aromatic nitrogens is 2. The van der Waals surface area contributed by atoms with Crippen molar-refractivity contribution in [1.82, 2.24) is 9.78 Å². The molecule has 3 aromatic rings. The summed E-state index contributed by atoms with van der Waals surface area (Å²) in [5, 5.41) is 4.14. The average Bonchev–Trinajstić information content (AvgIpc) is 3.02. The van der Waals surface area contributed by atoms with Crippen LogP contribution in [-0.4, -0.2) is 14.0 Å². The highest BCUT2D eigenvalue weighted by atomic mass is 32.2. The minimum absolute atomic E-state index is 0.244. The van der Waals surface area contributed by atoms with Crippen LogP contribution in [0.1, 0.15) is 5.56 Å². The van der Waals surface area contributed by atoms with Gasteiger partial charge < -0.3 is 0 Å². The second kappa shape index (κ2) is 6.01. The molecular weight excluding hydrogens is 287 g/mol. The number of halogens is 1. The van der Waals surface area contributed by atoms with Crippen molar-refractivity contribution in [3.63, 3.8) is 0 Å². The summed E-state index contributed by atoms with van der Waals surface area (Å²) in [6.45, 7) is 0. The van der Waals surface area contributed by atoms with E-state index in [0.29, 0.717) is 5.75 Å². The van der Waals surface area contributed by atoms with Gasteiger partial charge in [0.1, 0.15) is 5.82 Å². The fourth-order valence-corrected chi connectivity index (χ4v) is 3.19. The lowest BCUT2D eigenvalue weighted by Gasteiger charge is -2.06. The van der Waals surface area contributed by atoms with E-state index in [9.17, 15) is 8.60 Å². The Bertz CT molecular complexity index is 754. The van der Waals surface area contributed by atoms with Crippen LogP contribution < -0.4 is 0 Å². The van der Waals surface area contributed by atoms with Gasteiger partial charge in [-0.05, 0) is 35.9 Å². The normalized spacial score (nSPS) is 12.2. The minimum Gasteiger partial charge on any atom is -0.254 e. The summed E-state index contributed by atoms with van der Waals surface area (Å²) in [6, 6.07) is 15.6. The van der Waals surface area contributed by atoms with Gasteiger partial charge in [-0.25, -0.2) is 9.07 Å². The van der Waals surface area contributed by atoms with E-state index in [2.05, 4.69) is 5.10 Å². The van der Waals surface area contributed by atoms with Crippen LogP contribution in [0.5, 0.6) is 0 Å². The highest BCUT2D eigenvalue weighted by Crippen LogP contribution is 2.17. The predicted octanol–water partition coefficient (Wildman–Crippen LogP) is 3.32. The maximum Gasteiger partial charge on any atom is 0.139 e. The van der Waals surface area contributed by atoms with E-state index in [1.165, 1.54) is 6.07 Å². The van der Waals surface area contributed by atoms with Crippen LogP contribution in [0, 0.1) is 5.82 Å². The van der Waals surface area contributed by atoms with Crippen molar-refractivity contribution >= 4 is 10.8 Å². The summed E-state index contributed by atoms with van der Waals surface area (Å²) >= 11 is 0. The van der Waals surface area contributed by atoms with E-state index in [1.807, 2.05) is 36.5 Å². The standard InChI is InChI=1S/C16H13FN2OS/c17-15-4-1-2-5-16(15)21(20)12-13-6-8-14(9-7-13)19-11-3-10-18-19/h1-11H,12H2/t21-/m1/s1. The summed E-state index contributed by atoms with van der Waals surface area (Å²) < 4.78 is 27.5. The summed E-state index contributed by atoms with van der Waals surface area (Å²) in [7, 11) is -1.39. The van der Waals surface area contributed by atoms with Crippen molar-refractivity contribution in [2.75, 3.05) is 0 Å². The van der Waals surface area contributed by atoms with E-state index in [0.717, 1.165) is 11.3 Å². The fraction of sp³-hybridized carbons (Fsp3) is 0.0625. The fourth-order valence-electron chi connectivity index (χ4n) is 2.02. The molecule has 0 N–H and O–H groups in total. The Kier molecular flexibility index (Phi) is 3.92. The lowest BCUT2D eigenvalue weighted by molar-refractivity contribution is 0.595. The molecule has 0 saturated carbocycles. The number of hydrogen-bond acceptors (Lipinski definition) is 2. The molecule has 1 heterocycles. The van der Waals surface area contributed by atoms with Crippen molar-refractivity contribution in [3.8, 4) is 5.69 Å². The van der Waals surface area contributed by atoms with Gasteiger partial charge in [0.2, 0.25) is 0 Å². The summed E-state index contributed by atoms with van der Waals surface area (Å²) in [6.07, 6.45) is 3.56. The first-order valence-electron chi connectivity index (χ1n) is 6.46. The molecule has 1 atom stereocenters. The van der Waals surface area contributed by atoms with Crippen LogP contribution >= 0.6 is 0 Å². The monoisotopic (exact) mass is 300 g/mol. The van der Waals surface area contributed by atoms with Gasteiger partial charge >= 0.3 is 0 Å². The predicted molar refractivity (Wildman–Crippen MR) is 80.1 cm³/mol. The molecule has 1 aromatic heterocycles. The van der Waals surface area contributed by atoms with Gasteiger partial charge in [-0.1, -0.05) is 24.3 Å². The molecule has 0 fully saturated rings. The maximum absolute atomic E-state index is 13.6. The second-order valence-electron chi connectivity index (χ2n) is 4.54. The van der Waals surface area contributed by atoms with Gasteiger partial charge in [0.15, 0.2) is 0 Å². The number of nitrogens with zero attached hydrogens (tertiary/aromatic N) is 2. The van der Waals surface area contributed by atoms with Crippen LogP contribution in [0.4, 0.5) is 4.39 Å². The molecule has 0 saturated heterocycles. The van der Waals surface area contributed by atoms with Crippen LogP contribution in [-0.2, 0) is 16.6 Å². The van der Waals surface area contributed by atoms with Crippen LogP contribution in [0.15, 0.2) is 71.9 Å². The molecular formula is C16H13FN2OS. The molecule has 3 rings (SSSR count). The largest absolute Gasteiger partial charge is 0.254 e. The molecule has 106 valence electrons. The van der Waals surface area contributed by atoms with Crippen molar-refractivity contribution in [2.24, 2.45) is 0 Å².